The predicted octanol–water partition coefficient (Wildman–Crippen LogP) is 5.90. The van der Waals surface area contributed by atoms with Crippen LogP contribution in [0.25, 0.3) is 21.5 Å². The van der Waals surface area contributed by atoms with E-state index in [4.69, 9.17) is 0 Å². The molecular weight excluding hydrogens is 302 g/mol. The van der Waals surface area contributed by atoms with Crippen molar-refractivity contribution in [1.82, 2.24) is 5.32 Å². The average Bonchev–Trinajstić information content (AvgIpc) is 2.65. The molecule has 0 aliphatic carbocycles. The Morgan fingerprint density at radius 2 is 1.00 bits per heavy atom. The van der Waals surface area contributed by atoms with E-state index in [0.29, 0.717) is 0 Å². The molecule has 124 valence electrons. The van der Waals surface area contributed by atoms with Crippen molar-refractivity contribution in [3.63, 3.8) is 0 Å². The number of nitrogens with one attached hydrogen (secondary N) is 1. The number of hydrogen-bond donors (Lipinski definition) is 1. The lowest BCUT2D eigenvalue weighted by Crippen LogP contribution is -2.15. The predicted molar refractivity (Wildman–Crippen MR) is 108 cm³/mol. The number of fused-ring (bicyclic) bond motifs is 2. The lowest BCUT2D eigenvalue weighted by atomic mass is 9.98. The third-order valence-electron chi connectivity index (χ3n) is 5.15. The molecule has 1 N–H and O–H groups in total. The molecule has 0 aliphatic rings. The molecule has 0 spiro atoms. The molecule has 0 unspecified atom stereocenters. The maximum absolute atomic E-state index is 3.68. The van der Waals surface area contributed by atoms with Crippen molar-refractivity contribution in [3.8, 4) is 0 Å². The van der Waals surface area contributed by atoms with Crippen molar-refractivity contribution < 1.29 is 0 Å². The van der Waals surface area contributed by atoms with Crippen LogP contribution < -0.4 is 5.32 Å². The number of aryl methyl sites for hydroxylation is 2. The van der Waals surface area contributed by atoms with Crippen molar-refractivity contribution in [2.75, 3.05) is 0 Å². The molecule has 0 amide bonds. The summed E-state index contributed by atoms with van der Waals surface area (Å²) in [4.78, 5) is 0. The summed E-state index contributed by atoms with van der Waals surface area (Å²) in [7, 11) is 0. The first-order valence-corrected chi connectivity index (χ1v) is 8.89. The summed E-state index contributed by atoms with van der Waals surface area (Å²) in [6.07, 6.45) is 0. The van der Waals surface area contributed by atoms with E-state index in [2.05, 4.69) is 92.0 Å². The summed E-state index contributed by atoms with van der Waals surface area (Å²) in [6.45, 7) is 6.17. The van der Waals surface area contributed by atoms with Crippen LogP contribution in [0, 0.1) is 13.8 Å². The van der Waals surface area contributed by atoms with Crippen molar-refractivity contribution in [1.29, 1.82) is 0 Å². The van der Waals surface area contributed by atoms with Crippen LogP contribution in [-0.4, -0.2) is 0 Å². The first-order valence-electron chi connectivity index (χ1n) is 8.89. The first kappa shape index (κ1) is 15.9. The molecule has 4 aromatic rings. The summed E-state index contributed by atoms with van der Waals surface area (Å²) in [6, 6.07) is 26.2. The fraction of sp³-hybridized carbons (Fsp3) is 0.167. The molecule has 0 saturated carbocycles. The zero-order valence-electron chi connectivity index (χ0n) is 14.8. The molecule has 1 nitrogen and oxygen atoms in total. The van der Waals surface area contributed by atoms with E-state index in [0.717, 1.165) is 13.1 Å². The smallest absolute Gasteiger partial charge is 0.0217 e. The van der Waals surface area contributed by atoms with Crippen LogP contribution in [0.5, 0.6) is 0 Å². The highest BCUT2D eigenvalue weighted by molar-refractivity contribution is 5.87. The van der Waals surface area contributed by atoms with Gasteiger partial charge in [0.1, 0.15) is 0 Å². The number of benzene rings is 4. The Balaban J connectivity index is 1.62. The Bertz CT molecular complexity index is 961. The second-order valence-electron chi connectivity index (χ2n) is 6.77. The van der Waals surface area contributed by atoms with E-state index >= 15 is 0 Å². The Morgan fingerprint density at radius 1 is 0.560 bits per heavy atom. The van der Waals surface area contributed by atoms with Gasteiger partial charge in [-0.15, -0.1) is 0 Å². The molecule has 0 saturated heterocycles. The normalized spacial score (nSPS) is 11.3. The van der Waals surface area contributed by atoms with Gasteiger partial charge in [-0.05, 0) is 57.6 Å². The van der Waals surface area contributed by atoms with E-state index < -0.39 is 0 Å². The second kappa shape index (κ2) is 6.70. The molecule has 0 atom stereocenters. The molecule has 0 fully saturated rings. The van der Waals surface area contributed by atoms with Crippen LogP contribution in [0.4, 0.5) is 0 Å². The summed E-state index contributed by atoms with van der Waals surface area (Å²) >= 11 is 0. The van der Waals surface area contributed by atoms with E-state index in [9.17, 15) is 0 Å². The molecule has 0 bridgehead atoms. The van der Waals surface area contributed by atoms with Crippen LogP contribution >= 0.6 is 0 Å². The van der Waals surface area contributed by atoms with Gasteiger partial charge in [0.15, 0.2) is 0 Å². The fourth-order valence-electron chi connectivity index (χ4n) is 3.67. The Labute approximate surface area is 149 Å². The van der Waals surface area contributed by atoms with Gasteiger partial charge in [0, 0.05) is 13.1 Å². The number of hydrogen-bond acceptors (Lipinski definition) is 1. The Morgan fingerprint density at radius 3 is 1.48 bits per heavy atom. The van der Waals surface area contributed by atoms with E-state index in [1.54, 1.807) is 0 Å². The summed E-state index contributed by atoms with van der Waals surface area (Å²) < 4.78 is 0. The van der Waals surface area contributed by atoms with Crippen LogP contribution in [0.15, 0.2) is 72.8 Å². The van der Waals surface area contributed by atoms with Crippen molar-refractivity contribution >= 4 is 21.5 Å². The lowest BCUT2D eigenvalue weighted by Gasteiger charge is -2.14. The van der Waals surface area contributed by atoms with Gasteiger partial charge in [-0.25, -0.2) is 0 Å². The molecule has 4 aromatic carbocycles. The minimum absolute atomic E-state index is 0.885. The molecule has 25 heavy (non-hydrogen) atoms. The Kier molecular flexibility index (Phi) is 4.25. The van der Waals surface area contributed by atoms with Gasteiger partial charge in [-0.1, -0.05) is 72.8 Å². The van der Waals surface area contributed by atoms with E-state index in [-0.39, 0.29) is 0 Å². The quantitative estimate of drug-likeness (QED) is 0.492. The fourth-order valence-corrected chi connectivity index (χ4v) is 3.67. The van der Waals surface area contributed by atoms with Crippen molar-refractivity contribution in [3.05, 3.63) is 95.1 Å². The first-order chi connectivity index (χ1) is 12.2. The van der Waals surface area contributed by atoms with Gasteiger partial charge in [-0.3, -0.25) is 0 Å². The van der Waals surface area contributed by atoms with Gasteiger partial charge in [0.05, 0.1) is 0 Å². The maximum Gasteiger partial charge on any atom is 0.0217 e. The SMILES string of the molecule is Cc1ccc2ccccc2c1CNCc1c(C)ccc2ccccc12. The molecule has 0 heterocycles. The molecule has 0 radical (unpaired) electrons. The van der Waals surface area contributed by atoms with E-state index in [1.165, 1.54) is 43.8 Å². The molecule has 0 aliphatic heterocycles. The van der Waals surface area contributed by atoms with Gasteiger partial charge in [-0.2, -0.15) is 0 Å². The average molecular weight is 325 g/mol. The van der Waals surface area contributed by atoms with Crippen LogP contribution in [0.2, 0.25) is 0 Å². The summed E-state index contributed by atoms with van der Waals surface area (Å²) in [5.41, 5.74) is 5.49. The molecular formula is C24H23N. The topological polar surface area (TPSA) is 12.0 Å². The molecule has 1 heteroatoms. The van der Waals surface area contributed by atoms with Gasteiger partial charge in [0.25, 0.3) is 0 Å². The summed E-state index contributed by atoms with van der Waals surface area (Å²) in [5.74, 6) is 0. The van der Waals surface area contributed by atoms with Gasteiger partial charge in [0.2, 0.25) is 0 Å². The largest absolute Gasteiger partial charge is 0.309 e. The third-order valence-corrected chi connectivity index (χ3v) is 5.15. The monoisotopic (exact) mass is 325 g/mol. The highest BCUT2D eigenvalue weighted by Crippen LogP contribution is 2.24. The van der Waals surface area contributed by atoms with E-state index in [1.807, 2.05) is 0 Å². The minimum Gasteiger partial charge on any atom is -0.309 e. The molecule has 4 rings (SSSR count). The van der Waals surface area contributed by atoms with Crippen molar-refractivity contribution in [2.45, 2.75) is 26.9 Å². The maximum atomic E-state index is 3.68. The zero-order valence-corrected chi connectivity index (χ0v) is 14.8. The molecule has 0 aromatic heterocycles. The summed E-state index contributed by atoms with van der Waals surface area (Å²) in [5, 5.41) is 9.01. The van der Waals surface area contributed by atoms with Crippen LogP contribution in [-0.2, 0) is 13.1 Å². The standard InChI is InChI=1S/C24H23N/c1-17-11-13-19-7-3-5-9-21(19)23(17)15-25-16-24-18(2)12-14-20-8-4-6-10-22(20)24/h3-14,25H,15-16H2,1-2H3. The lowest BCUT2D eigenvalue weighted by molar-refractivity contribution is 0.694. The van der Waals surface area contributed by atoms with Crippen molar-refractivity contribution in [2.24, 2.45) is 0 Å². The highest BCUT2D eigenvalue weighted by atomic mass is 14.8. The van der Waals surface area contributed by atoms with Gasteiger partial charge >= 0.3 is 0 Å². The Hall–Kier alpha value is -2.64. The number of rotatable bonds is 4. The highest BCUT2D eigenvalue weighted by Gasteiger charge is 2.07. The van der Waals surface area contributed by atoms with Crippen LogP contribution in [0.3, 0.4) is 0 Å². The minimum atomic E-state index is 0.885. The zero-order chi connectivity index (χ0) is 17.2. The van der Waals surface area contributed by atoms with Crippen LogP contribution in [0.1, 0.15) is 22.3 Å². The second-order valence-corrected chi connectivity index (χ2v) is 6.77. The third kappa shape index (κ3) is 3.04. The van der Waals surface area contributed by atoms with Gasteiger partial charge < -0.3 is 5.32 Å².